The molecule has 0 saturated carbocycles. The molecule has 2 N–H and O–H groups in total. The van der Waals surface area contributed by atoms with E-state index >= 15 is 0 Å². The summed E-state index contributed by atoms with van der Waals surface area (Å²) in [6.07, 6.45) is 2.78. The fraction of sp³-hybridized carbons (Fsp3) is 0.733. The minimum absolute atomic E-state index is 0.0414. The molecule has 2 unspecified atom stereocenters. The van der Waals surface area contributed by atoms with Gasteiger partial charge in [0.2, 0.25) is 0 Å². The number of carbonyl (C=O) groups excluding carboxylic acids is 1. The Labute approximate surface area is 129 Å². The topological polar surface area (TPSA) is 71.5 Å². The number of aromatic nitrogens is 1. The van der Waals surface area contributed by atoms with Gasteiger partial charge in [0.1, 0.15) is 16.8 Å². The normalized spacial score (nSPS) is 20.5. The molecule has 21 heavy (non-hydrogen) atoms. The van der Waals surface area contributed by atoms with Crippen LogP contribution in [-0.2, 0) is 4.74 Å². The summed E-state index contributed by atoms with van der Waals surface area (Å²) in [5.74, 6) is -0.223. The molecule has 2 rings (SSSR count). The molecule has 1 aromatic heterocycles. The Morgan fingerprint density at radius 1 is 1.62 bits per heavy atom. The quantitative estimate of drug-likeness (QED) is 0.876. The molecule has 118 valence electrons. The van der Waals surface area contributed by atoms with Gasteiger partial charge in [0.25, 0.3) is 5.91 Å². The molecule has 1 aliphatic heterocycles. The van der Waals surface area contributed by atoms with Crippen molar-refractivity contribution >= 4 is 17.2 Å². The SMILES string of the molecule is CC(C)(C)CC(CO)NC(=O)c1csc(C2CCCO2)n1. The van der Waals surface area contributed by atoms with Crippen LogP contribution in [0.5, 0.6) is 0 Å². The van der Waals surface area contributed by atoms with Gasteiger partial charge in [-0.05, 0) is 24.7 Å². The molecule has 2 atom stereocenters. The molecule has 0 aliphatic carbocycles. The lowest BCUT2D eigenvalue weighted by atomic mass is 9.88. The fourth-order valence-electron chi connectivity index (χ4n) is 2.47. The van der Waals surface area contributed by atoms with E-state index in [1.54, 1.807) is 5.38 Å². The molecular formula is C15H24N2O3S. The molecule has 6 heteroatoms. The number of aliphatic hydroxyl groups is 1. The number of aliphatic hydroxyl groups excluding tert-OH is 1. The summed E-state index contributed by atoms with van der Waals surface area (Å²) < 4.78 is 5.58. The number of thiazole rings is 1. The summed E-state index contributed by atoms with van der Waals surface area (Å²) in [4.78, 5) is 16.6. The predicted molar refractivity (Wildman–Crippen MR) is 82.5 cm³/mol. The van der Waals surface area contributed by atoms with Crippen LogP contribution in [0.25, 0.3) is 0 Å². The molecule has 1 aliphatic rings. The Hall–Kier alpha value is -0.980. The molecule has 1 saturated heterocycles. The number of hydrogen-bond acceptors (Lipinski definition) is 5. The zero-order valence-electron chi connectivity index (χ0n) is 12.9. The molecule has 0 spiro atoms. The summed E-state index contributed by atoms with van der Waals surface area (Å²) >= 11 is 1.46. The maximum Gasteiger partial charge on any atom is 0.271 e. The van der Waals surface area contributed by atoms with Crippen LogP contribution in [0.15, 0.2) is 5.38 Å². The van der Waals surface area contributed by atoms with Crippen LogP contribution >= 0.6 is 11.3 Å². The lowest BCUT2D eigenvalue weighted by molar-refractivity contribution is 0.0891. The largest absolute Gasteiger partial charge is 0.394 e. The third-order valence-electron chi connectivity index (χ3n) is 3.37. The van der Waals surface area contributed by atoms with Crippen molar-refractivity contribution in [1.82, 2.24) is 10.3 Å². The number of nitrogens with one attached hydrogen (secondary N) is 1. The van der Waals surface area contributed by atoms with Crippen molar-refractivity contribution in [1.29, 1.82) is 0 Å². The molecule has 1 amide bonds. The molecule has 2 heterocycles. The predicted octanol–water partition coefficient (Wildman–Crippen LogP) is 2.52. The van der Waals surface area contributed by atoms with Crippen molar-refractivity contribution in [2.24, 2.45) is 5.41 Å². The standard InChI is InChI=1S/C15H24N2O3S/c1-15(2,3)7-10(8-18)16-13(19)11-9-21-14(17-11)12-5-4-6-20-12/h9-10,12,18H,4-8H2,1-3H3,(H,16,19). The van der Waals surface area contributed by atoms with E-state index in [0.717, 1.165) is 30.9 Å². The second-order valence-corrected chi connectivity index (χ2v) is 7.58. The van der Waals surface area contributed by atoms with Gasteiger partial charge < -0.3 is 15.2 Å². The van der Waals surface area contributed by atoms with Crippen molar-refractivity contribution in [2.45, 2.75) is 52.2 Å². The maximum absolute atomic E-state index is 12.2. The van der Waals surface area contributed by atoms with Gasteiger partial charge in [-0.2, -0.15) is 0 Å². The number of ether oxygens (including phenoxy) is 1. The third-order valence-corrected chi connectivity index (χ3v) is 4.31. The van der Waals surface area contributed by atoms with Crippen molar-refractivity contribution in [3.05, 3.63) is 16.1 Å². The molecular weight excluding hydrogens is 288 g/mol. The number of amides is 1. The summed E-state index contributed by atoms with van der Waals surface area (Å²) in [7, 11) is 0. The molecule has 1 aromatic rings. The third kappa shape index (κ3) is 4.76. The van der Waals surface area contributed by atoms with Gasteiger partial charge in [0.05, 0.1) is 12.6 Å². The van der Waals surface area contributed by atoms with Crippen LogP contribution in [0.1, 0.15) is 61.6 Å². The van der Waals surface area contributed by atoms with Gasteiger partial charge in [-0.3, -0.25) is 4.79 Å². The smallest absolute Gasteiger partial charge is 0.271 e. The minimum Gasteiger partial charge on any atom is -0.394 e. The van der Waals surface area contributed by atoms with Crippen LogP contribution in [0.4, 0.5) is 0 Å². The van der Waals surface area contributed by atoms with Crippen LogP contribution in [0.3, 0.4) is 0 Å². The van der Waals surface area contributed by atoms with Gasteiger partial charge >= 0.3 is 0 Å². The Bertz CT molecular complexity index is 476. The lowest BCUT2D eigenvalue weighted by Gasteiger charge is -2.25. The first-order valence-electron chi connectivity index (χ1n) is 7.38. The van der Waals surface area contributed by atoms with Gasteiger partial charge in [0.15, 0.2) is 0 Å². The first-order chi connectivity index (χ1) is 9.89. The van der Waals surface area contributed by atoms with Crippen molar-refractivity contribution in [2.75, 3.05) is 13.2 Å². The van der Waals surface area contributed by atoms with E-state index in [9.17, 15) is 9.90 Å². The maximum atomic E-state index is 12.2. The monoisotopic (exact) mass is 312 g/mol. The average Bonchev–Trinajstić information content (AvgIpc) is 3.06. The number of hydrogen-bond donors (Lipinski definition) is 2. The number of rotatable bonds is 5. The number of nitrogens with zero attached hydrogens (tertiary/aromatic N) is 1. The Kier molecular flexibility index (Phi) is 5.35. The molecule has 0 aromatic carbocycles. The van der Waals surface area contributed by atoms with Crippen LogP contribution in [0, 0.1) is 5.41 Å². The minimum atomic E-state index is -0.245. The van der Waals surface area contributed by atoms with Crippen molar-refractivity contribution in [3.8, 4) is 0 Å². The van der Waals surface area contributed by atoms with Gasteiger partial charge in [-0.1, -0.05) is 20.8 Å². The molecule has 0 radical (unpaired) electrons. The van der Waals surface area contributed by atoms with E-state index < -0.39 is 0 Å². The molecule has 5 nitrogen and oxygen atoms in total. The average molecular weight is 312 g/mol. The van der Waals surface area contributed by atoms with Crippen LogP contribution in [-0.4, -0.2) is 35.3 Å². The van der Waals surface area contributed by atoms with E-state index in [0.29, 0.717) is 5.69 Å². The Morgan fingerprint density at radius 2 is 2.38 bits per heavy atom. The zero-order valence-corrected chi connectivity index (χ0v) is 13.7. The molecule has 0 bridgehead atoms. The van der Waals surface area contributed by atoms with E-state index in [1.165, 1.54) is 11.3 Å². The molecule has 1 fully saturated rings. The zero-order chi connectivity index (χ0) is 15.5. The highest BCUT2D eigenvalue weighted by Crippen LogP contribution is 2.30. The second-order valence-electron chi connectivity index (χ2n) is 6.69. The number of carbonyl (C=O) groups is 1. The Morgan fingerprint density at radius 3 is 2.95 bits per heavy atom. The van der Waals surface area contributed by atoms with Gasteiger partial charge in [0, 0.05) is 12.0 Å². The van der Waals surface area contributed by atoms with Gasteiger partial charge in [-0.15, -0.1) is 11.3 Å². The van der Waals surface area contributed by atoms with E-state index in [-0.39, 0.29) is 30.1 Å². The summed E-state index contributed by atoms with van der Waals surface area (Å²) in [5.41, 5.74) is 0.462. The van der Waals surface area contributed by atoms with Crippen LogP contribution < -0.4 is 5.32 Å². The van der Waals surface area contributed by atoms with E-state index in [1.807, 2.05) is 0 Å². The highest BCUT2D eigenvalue weighted by atomic mass is 32.1. The summed E-state index contributed by atoms with van der Waals surface area (Å²) in [6.45, 7) is 6.95. The first kappa shape index (κ1) is 16.4. The van der Waals surface area contributed by atoms with E-state index in [4.69, 9.17) is 4.74 Å². The summed E-state index contributed by atoms with van der Waals surface area (Å²) in [5, 5.41) is 14.9. The van der Waals surface area contributed by atoms with Crippen molar-refractivity contribution in [3.63, 3.8) is 0 Å². The highest BCUT2D eigenvalue weighted by Gasteiger charge is 2.24. The Balaban J connectivity index is 1.96. The van der Waals surface area contributed by atoms with Gasteiger partial charge in [-0.25, -0.2) is 4.98 Å². The fourth-order valence-corrected chi connectivity index (χ4v) is 3.35. The highest BCUT2D eigenvalue weighted by molar-refractivity contribution is 7.09. The van der Waals surface area contributed by atoms with E-state index in [2.05, 4.69) is 31.1 Å². The first-order valence-corrected chi connectivity index (χ1v) is 8.26. The second kappa shape index (κ2) is 6.85. The lowest BCUT2D eigenvalue weighted by Crippen LogP contribution is -2.40. The summed E-state index contributed by atoms with van der Waals surface area (Å²) in [6, 6.07) is -0.245. The van der Waals surface area contributed by atoms with Crippen molar-refractivity contribution < 1.29 is 14.6 Å². The van der Waals surface area contributed by atoms with Crippen LogP contribution in [0.2, 0.25) is 0 Å².